The molecule has 4 nitrogen and oxygen atoms in total. The Labute approximate surface area is 125 Å². The molecule has 1 atom stereocenters. The third-order valence-corrected chi connectivity index (χ3v) is 5.10. The molecule has 1 aliphatic rings. The largest absolute Gasteiger partial charge is 0.486 e. The highest BCUT2D eigenvalue weighted by molar-refractivity contribution is 7.91. The summed E-state index contributed by atoms with van der Waals surface area (Å²) < 4.78 is 42.2. The van der Waals surface area contributed by atoms with Crippen LogP contribution in [0, 0.1) is 11.7 Å². The Morgan fingerprint density at radius 3 is 2.76 bits per heavy atom. The number of hydrogen-bond acceptors (Lipinski definition) is 4. The lowest BCUT2D eigenvalue weighted by atomic mass is 10.2. The zero-order valence-corrected chi connectivity index (χ0v) is 13.2. The third-order valence-electron chi connectivity index (χ3n) is 3.36. The van der Waals surface area contributed by atoms with Crippen molar-refractivity contribution < 1.29 is 17.5 Å². The highest BCUT2D eigenvalue weighted by Gasteiger charge is 2.29. The molecule has 1 unspecified atom stereocenters. The first-order valence-corrected chi connectivity index (χ1v) is 9.04. The fourth-order valence-corrected chi connectivity index (χ4v) is 3.88. The maximum absolute atomic E-state index is 14.0. The van der Waals surface area contributed by atoms with Crippen molar-refractivity contribution in [3.63, 3.8) is 0 Å². The lowest BCUT2D eigenvalue weighted by Gasteiger charge is -2.14. The highest BCUT2D eigenvalue weighted by Crippen LogP contribution is 2.23. The van der Waals surface area contributed by atoms with Crippen molar-refractivity contribution in [3.05, 3.63) is 29.6 Å². The fourth-order valence-electron chi connectivity index (χ4n) is 2.29. The second-order valence-corrected chi connectivity index (χ2v) is 8.16. The molecule has 6 heteroatoms. The van der Waals surface area contributed by atoms with Crippen LogP contribution in [0.15, 0.2) is 18.2 Å². The van der Waals surface area contributed by atoms with Crippen LogP contribution in [0.25, 0.3) is 0 Å². The predicted octanol–water partition coefficient (Wildman–Crippen LogP) is 2.14. The van der Waals surface area contributed by atoms with Gasteiger partial charge in [0, 0.05) is 6.54 Å². The molecule has 0 radical (unpaired) electrons. The van der Waals surface area contributed by atoms with E-state index in [9.17, 15) is 12.8 Å². The molecule has 118 valence electrons. The molecule has 1 N–H and O–H groups in total. The summed E-state index contributed by atoms with van der Waals surface area (Å²) in [5.41, 5.74) is 0.847. The van der Waals surface area contributed by atoms with Crippen molar-refractivity contribution >= 4 is 9.84 Å². The Balaban J connectivity index is 1.93. The average Bonchev–Trinajstić information content (AvgIpc) is 2.72. The van der Waals surface area contributed by atoms with Gasteiger partial charge in [0.1, 0.15) is 6.10 Å². The summed E-state index contributed by atoms with van der Waals surface area (Å²) in [6.45, 7) is 5.70. The second kappa shape index (κ2) is 6.75. The molecule has 1 aliphatic heterocycles. The van der Waals surface area contributed by atoms with Crippen LogP contribution in [0.5, 0.6) is 5.75 Å². The number of rotatable bonds is 6. The van der Waals surface area contributed by atoms with Gasteiger partial charge in [-0.3, -0.25) is 0 Å². The first kappa shape index (κ1) is 16.2. The van der Waals surface area contributed by atoms with Crippen LogP contribution in [0.2, 0.25) is 0 Å². The molecule has 0 aromatic heterocycles. The van der Waals surface area contributed by atoms with E-state index < -0.39 is 21.8 Å². The average molecular weight is 315 g/mol. The van der Waals surface area contributed by atoms with E-state index in [2.05, 4.69) is 19.2 Å². The molecule has 0 spiro atoms. The molecule has 21 heavy (non-hydrogen) atoms. The summed E-state index contributed by atoms with van der Waals surface area (Å²) in [4.78, 5) is 0. The van der Waals surface area contributed by atoms with Crippen molar-refractivity contribution in [2.75, 3.05) is 18.1 Å². The van der Waals surface area contributed by atoms with Gasteiger partial charge in [-0.25, -0.2) is 12.8 Å². The van der Waals surface area contributed by atoms with Gasteiger partial charge < -0.3 is 10.1 Å². The molecular weight excluding hydrogens is 293 g/mol. The molecule has 1 saturated heterocycles. The predicted molar refractivity (Wildman–Crippen MR) is 80.6 cm³/mol. The van der Waals surface area contributed by atoms with Gasteiger partial charge in [-0.2, -0.15) is 0 Å². The molecule has 0 saturated carbocycles. The first-order valence-electron chi connectivity index (χ1n) is 7.22. The minimum absolute atomic E-state index is 0.0237. The zero-order valence-electron chi connectivity index (χ0n) is 12.4. The Morgan fingerprint density at radius 2 is 2.19 bits per heavy atom. The SMILES string of the molecule is CC(C)CNCc1ccc(OC2CCS(=O)(=O)C2)c(F)c1. The van der Waals surface area contributed by atoms with Crippen molar-refractivity contribution in [3.8, 4) is 5.75 Å². The van der Waals surface area contributed by atoms with Gasteiger partial charge >= 0.3 is 0 Å². The van der Waals surface area contributed by atoms with Crippen molar-refractivity contribution in [1.29, 1.82) is 0 Å². The van der Waals surface area contributed by atoms with Gasteiger partial charge in [0.25, 0.3) is 0 Å². The second-order valence-electron chi connectivity index (χ2n) is 5.93. The molecule has 0 amide bonds. The molecule has 1 fully saturated rings. The number of halogens is 1. The topological polar surface area (TPSA) is 55.4 Å². The van der Waals surface area contributed by atoms with Crippen LogP contribution in [0.3, 0.4) is 0 Å². The zero-order chi connectivity index (χ0) is 15.5. The summed E-state index contributed by atoms with van der Waals surface area (Å²) in [6, 6.07) is 4.81. The molecule has 1 aromatic rings. The molecule has 0 aliphatic carbocycles. The van der Waals surface area contributed by atoms with Crippen LogP contribution in [0.1, 0.15) is 25.8 Å². The Morgan fingerprint density at radius 1 is 1.43 bits per heavy atom. The van der Waals surface area contributed by atoms with Gasteiger partial charge in [0.15, 0.2) is 21.4 Å². The van der Waals surface area contributed by atoms with E-state index in [1.165, 1.54) is 6.07 Å². The lowest BCUT2D eigenvalue weighted by Crippen LogP contribution is -2.20. The summed E-state index contributed by atoms with van der Waals surface area (Å²) in [5, 5.41) is 3.24. The molecular formula is C15H22FNO3S. The minimum Gasteiger partial charge on any atom is -0.486 e. The number of ether oxygens (including phenoxy) is 1. The maximum atomic E-state index is 14.0. The quantitative estimate of drug-likeness (QED) is 0.874. The van der Waals surface area contributed by atoms with E-state index in [1.807, 2.05) is 0 Å². The van der Waals surface area contributed by atoms with E-state index in [0.717, 1.165) is 12.1 Å². The lowest BCUT2D eigenvalue weighted by molar-refractivity contribution is 0.218. The molecule has 2 rings (SSSR count). The van der Waals surface area contributed by atoms with E-state index in [0.29, 0.717) is 18.9 Å². The molecule has 1 heterocycles. The van der Waals surface area contributed by atoms with E-state index in [4.69, 9.17) is 4.74 Å². The van der Waals surface area contributed by atoms with Crippen LogP contribution < -0.4 is 10.1 Å². The monoisotopic (exact) mass is 315 g/mol. The fraction of sp³-hybridized carbons (Fsp3) is 0.600. The minimum atomic E-state index is -3.01. The normalized spacial score (nSPS) is 20.9. The van der Waals surface area contributed by atoms with E-state index in [1.54, 1.807) is 12.1 Å². The standard InChI is InChI=1S/C15H22FNO3S/c1-11(2)8-17-9-12-3-4-15(14(16)7-12)20-13-5-6-21(18,19)10-13/h3-4,7,11,13,17H,5-6,8-10H2,1-2H3. The highest BCUT2D eigenvalue weighted by atomic mass is 32.2. The van der Waals surface area contributed by atoms with Crippen molar-refractivity contribution in [1.82, 2.24) is 5.32 Å². The third kappa shape index (κ3) is 4.97. The van der Waals surface area contributed by atoms with Crippen LogP contribution in [0.4, 0.5) is 4.39 Å². The Hall–Kier alpha value is -1.14. The summed E-state index contributed by atoms with van der Waals surface area (Å²) in [5.74, 6) is 0.329. The van der Waals surface area contributed by atoms with Crippen molar-refractivity contribution in [2.45, 2.75) is 32.9 Å². The summed E-state index contributed by atoms with van der Waals surface area (Å²) in [7, 11) is -3.01. The summed E-state index contributed by atoms with van der Waals surface area (Å²) in [6.07, 6.45) is -0.00570. The van der Waals surface area contributed by atoms with Gasteiger partial charge in [-0.1, -0.05) is 19.9 Å². The maximum Gasteiger partial charge on any atom is 0.165 e. The van der Waals surface area contributed by atoms with Crippen LogP contribution in [-0.4, -0.2) is 32.6 Å². The van der Waals surface area contributed by atoms with Gasteiger partial charge in [0.2, 0.25) is 0 Å². The van der Waals surface area contributed by atoms with Gasteiger partial charge in [-0.15, -0.1) is 0 Å². The first-order chi connectivity index (χ1) is 9.85. The number of sulfone groups is 1. The van der Waals surface area contributed by atoms with E-state index >= 15 is 0 Å². The molecule has 1 aromatic carbocycles. The summed E-state index contributed by atoms with van der Waals surface area (Å²) >= 11 is 0. The van der Waals surface area contributed by atoms with Gasteiger partial charge in [0.05, 0.1) is 11.5 Å². The van der Waals surface area contributed by atoms with Crippen molar-refractivity contribution in [2.24, 2.45) is 5.92 Å². The van der Waals surface area contributed by atoms with Crippen LogP contribution in [-0.2, 0) is 16.4 Å². The number of benzene rings is 1. The smallest absolute Gasteiger partial charge is 0.165 e. The Bertz CT molecular complexity index is 587. The van der Waals surface area contributed by atoms with Gasteiger partial charge in [-0.05, 0) is 36.6 Å². The van der Waals surface area contributed by atoms with E-state index in [-0.39, 0.29) is 17.3 Å². The number of hydrogen-bond donors (Lipinski definition) is 1. The number of nitrogens with one attached hydrogen (secondary N) is 1. The molecule has 0 bridgehead atoms. The van der Waals surface area contributed by atoms with Crippen LogP contribution >= 0.6 is 0 Å². The Kier molecular flexibility index (Phi) is 5.22.